The lowest BCUT2D eigenvalue weighted by molar-refractivity contribution is -0.143. The molecule has 0 aliphatic rings. The predicted octanol–water partition coefficient (Wildman–Crippen LogP) is 2.27. The summed E-state index contributed by atoms with van der Waals surface area (Å²) in [6.07, 6.45) is 2.97. The summed E-state index contributed by atoms with van der Waals surface area (Å²) in [6, 6.07) is 3.86. The minimum atomic E-state index is -0.137. The fourth-order valence-electron chi connectivity index (χ4n) is 1.52. The predicted molar refractivity (Wildman–Crippen MR) is 72.8 cm³/mol. The number of pyridine rings is 1. The van der Waals surface area contributed by atoms with Crippen LogP contribution in [0.4, 0.5) is 11.5 Å². The second kappa shape index (κ2) is 8.33. The lowest BCUT2D eigenvalue weighted by atomic mass is 10.3. The molecule has 0 saturated heterocycles. The van der Waals surface area contributed by atoms with E-state index in [1.807, 2.05) is 26.0 Å². The molecular weight excluding hydrogens is 230 g/mol. The van der Waals surface area contributed by atoms with Gasteiger partial charge in [0.25, 0.3) is 0 Å². The van der Waals surface area contributed by atoms with Gasteiger partial charge in [-0.3, -0.25) is 4.79 Å². The van der Waals surface area contributed by atoms with Gasteiger partial charge >= 0.3 is 5.97 Å². The molecule has 0 bridgehead atoms. The Labute approximate surface area is 108 Å². The smallest absolute Gasteiger partial charge is 0.305 e. The maximum atomic E-state index is 11.1. The van der Waals surface area contributed by atoms with Crippen molar-refractivity contribution in [2.45, 2.75) is 26.7 Å². The van der Waals surface area contributed by atoms with Crippen molar-refractivity contribution in [3.63, 3.8) is 0 Å². The molecule has 0 unspecified atom stereocenters. The van der Waals surface area contributed by atoms with Crippen molar-refractivity contribution in [3.05, 3.63) is 18.3 Å². The average Bonchev–Trinajstić information content (AvgIpc) is 2.36. The first-order chi connectivity index (χ1) is 8.76. The van der Waals surface area contributed by atoms with E-state index >= 15 is 0 Å². The number of esters is 1. The van der Waals surface area contributed by atoms with Crippen LogP contribution >= 0.6 is 0 Å². The first-order valence-electron chi connectivity index (χ1n) is 6.35. The molecule has 2 N–H and O–H groups in total. The van der Waals surface area contributed by atoms with Gasteiger partial charge in [-0.1, -0.05) is 0 Å². The van der Waals surface area contributed by atoms with E-state index in [-0.39, 0.29) is 5.97 Å². The fraction of sp³-hybridized carbons (Fsp3) is 0.538. The van der Waals surface area contributed by atoms with E-state index in [1.165, 1.54) is 0 Å². The van der Waals surface area contributed by atoms with Crippen molar-refractivity contribution in [1.29, 1.82) is 0 Å². The zero-order chi connectivity index (χ0) is 13.2. The van der Waals surface area contributed by atoms with E-state index in [2.05, 4.69) is 15.6 Å². The largest absolute Gasteiger partial charge is 0.466 e. The van der Waals surface area contributed by atoms with E-state index in [9.17, 15) is 4.79 Å². The maximum absolute atomic E-state index is 11.1. The van der Waals surface area contributed by atoms with Crippen LogP contribution in [0, 0.1) is 0 Å². The zero-order valence-corrected chi connectivity index (χ0v) is 11.0. The molecule has 18 heavy (non-hydrogen) atoms. The van der Waals surface area contributed by atoms with E-state index in [0.29, 0.717) is 13.0 Å². The van der Waals surface area contributed by atoms with Gasteiger partial charge in [0.15, 0.2) is 0 Å². The van der Waals surface area contributed by atoms with Gasteiger partial charge in [-0.05, 0) is 26.3 Å². The van der Waals surface area contributed by atoms with Gasteiger partial charge in [0.2, 0.25) is 0 Å². The molecule has 0 amide bonds. The third-order valence-electron chi connectivity index (χ3n) is 2.31. The quantitative estimate of drug-likeness (QED) is 0.548. The van der Waals surface area contributed by atoms with Crippen molar-refractivity contribution in [2.24, 2.45) is 0 Å². The number of nitrogens with zero attached hydrogens (tertiary/aromatic N) is 1. The van der Waals surface area contributed by atoms with Gasteiger partial charge in [-0.25, -0.2) is 4.98 Å². The van der Waals surface area contributed by atoms with Crippen LogP contribution in [-0.2, 0) is 9.53 Å². The van der Waals surface area contributed by atoms with Crippen LogP contribution in [0.2, 0.25) is 0 Å². The highest BCUT2D eigenvalue weighted by Gasteiger charge is 2.01. The van der Waals surface area contributed by atoms with Crippen LogP contribution in [0.5, 0.6) is 0 Å². The maximum Gasteiger partial charge on any atom is 0.305 e. The molecule has 0 atom stereocenters. The van der Waals surface area contributed by atoms with Gasteiger partial charge in [-0.15, -0.1) is 0 Å². The first kappa shape index (κ1) is 14.3. The molecule has 5 nitrogen and oxygen atoms in total. The number of carbonyl (C=O) groups is 1. The number of rotatable bonds is 8. The van der Waals surface area contributed by atoms with Gasteiger partial charge in [-0.2, -0.15) is 0 Å². The van der Waals surface area contributed by atoms with Crippen LogP contribution < -0.4 is 10.6 Å². The minimum Gasteiger partial charge on any atom is -0.466 e. The molecule has 0 spiro atoms. The molecule has 5 heteroatoms. The highest BCUT2D eigenvalue weighted by Crippen LogP contribution is 2.11. The zero-order valence-electron chi connectivity index (χ0n) is 11.0. The number of aromatic nitrogens is 1. The molecular formula is C13H21N3O2. The molecule has 1 heterocycles. The van der Waals surface area contributed by atoms with Crippen LogP contribution in [0.1, 0.15) is 26.7 Å². The van der Waals surface area contributed by atoms with Gasteiger partial charge < -0.3 is 15.4 Å². The number of anilines is 2. The minimum absolute atomic E-state index is 0.137. The molecule has 1 aromatic rings. The van der Waals surface area contributed by atoms with E-state index in [4.69, 9.17) is 4.74 Å². The number of hydrogen-bond acceptors (Lipinski definition) is 5. The summed E-state index contributed by atoms with van der Waals surface area (Å²) in [7, 11) is 0. The van der Waals surface area contributed by atoms with Crippen LogP contribution in [0.15, 0.2) is 18.3 Å². The Balaban J connectivity index is 2.26. The molecule has 100 valence electrons. The normalized spacial score (nSPS) is 9.89. The van der Waals surface area contributed by atoms with Crippen molar-refractivity contribution in [3.8, 4) is 0 Å². The highest BCUT2D eigenvalue weighted by molar-refractivity contribution is 5.69. The third-order valence-corrected chi connectivity index (χ3v) is 2.31. The molecule has 0 aliphatic carbocycles. The Bertz CT molecular complexity index is 369. The highest BCUT2D eigenvalue weighted by atomic mass is 16.5. The molecule has 1 aromatic heterocycles. The second-order valence-electron chi connectivity index (χ2n) is 3.80. The summed E-state index contributed by atoms with van der Waals surface area (Å²) >= 11 is 0. The molecule has 1 rings (SSSR count). The molecule has 0 radical (unpaired) electrons. The van der Waals surface area contributed by atoms with Crippen molar-refractivity contribution >= 4 is 17.5 Å². The summed E-state index contributed by atoms with van der Waals surface area (Å²) < 4.78 is 4.86. The Morgan fingerprint density at radius 3 is 2.94 bits per heavy atom. The third kappa shape index (κ3) is 5.52. The number of nitrogens with one attached hydrogen (secondary N) is 2. The van der Waals surface area contributed by atoms with E-state index in [1.54, 1.807) is 6.20 Å². The van der Waals surface area contributed by atoms with Gasteiger partial charge in [0, 0.05) is 37.5 Å². The van der Waals surface area contributed by atoms with Crippen LogP contribution in [-0.4, -0.2) is 30.6 Å². The molecule has 0 aliphatic heterocycles. The molecule has 0 aromatic carbocycles. The summed E-state index contributed by atoms with van der Waals surface area (Å²) in [4.78, 5) is 15.3. The van der Waals surface area contributed by atoms with Crippen molar-refractivity contribution in [2.75, 3.05) is 30.3 Å². The van der Waals surface area contributed by atoms with Gasteiger partial charge in [0.05, 0.1) is 6.61 Å². The molecule has 0 saturated carbocycles. The number of carbonyl (C=O) groups excluding carboxylic acids is 1. The Morgan fingerprint density at radius 2 is 2.22 bits per heavy atom. The Morgan fingerprint density at radius 1 is 1.39 bits per heavy atom. The van der Waals surface area contributed by atoms with Gasteiger partial charge in [0.1, 0.15) is 5.82 Å². The topological polar surface area (TPSA) is 63.2 Å². The number of ether oxygens (including phenoxy) is 1. The first-order valence-corrected chi connectivity index (χ1v) is 6.35. The van der Waals surface area contributed by atoms with Crippen molar-refractivity contribution in [1.82, 2.24) is 4.98 Å². The van der Waals surface area contributed by atoms with Crippen LogP contribution in [0.3, 0.4) is 0 Å². The van der Waals surface area contributed by atoms with E-state index in [0.717, 1.165) is 31.0 Å². The summed E-state index contributed by atoms with van der Waals surface area (Å²) in [5.41, 5.74) is 1.00. The Kier molecular flexibility index (Phi) is 6.61. The summed E-state index contributed by atoms with van der Waals surface area (Å²) in [6.45, 7) is 5.88. The average molecular weight is 251 g/mol. The fourth-order valence-corrected chi connectivity index (χ4v) is 1.52. The standard InChI is InChI=1S/C13H21N3O2/c1-3-14-12-10-11(7-9-16-12)15-8-5-6-13(17)18-4-2/h7,9-10H,3-6,8H2,1-2H3,(H2,14,15,16). The molecule has 0 fully saturated rings. The monoisotopic (exact) mass is 251 g/mol. The SMILES string of the molecule is CCNc1cc(NCCCC(=O)OCC)ccn1. The number of hydrogen-bond donors (Lipinski definition) is 2. The van der Waals surface area contributed by atoms with E-state index < -0.39 is 0 Å². The van der Waals surface area contributed by atoms with Crippen molar-refractivity contribution < 1.29 is 9.53 Å². The summed E-state index contributed by atoms with van der Waals surface area (Å²) in [5.74, 6) is 0.718. The second-order valence-corrected chi connectivity index (χ2v) is 3.80. The summed E-state index contributed by atoms with van der Waals surface area (Å²) in [5, 5.41) is 6.40. The van der Waals surface area contributed by atoms with Crippen LogP contribution in [0.25, 0.3) is 0 Å². The Hall–Kier alpha value is -1.78. The lowest BCUT2D eigenvalue weighted by Gasteiger charge is -2.08. The lowest BCUT2D eigenvalue weighted by Crippen LogP contribution is -2.08.